The molecule has 3 atom stereocenters. The summed E-state index contributed by atoms with van der Waals surface area (Å²) in [6.45, 7) is 1.23. The second-order valence-corrected chi connectivity index (χ2v) is 9.59. The van der Waals surface area contributed by atoms with Crippen LogP contribution >= 0.6 is 11.6 Å². The van der Waals surface area contributed by atoms with Crippen LogP contribution in [-0.2, 0) is 4.79 Å². The standard InChI is InChI=1S/C28H27ClF2N2O4/c1-37-21-5-6-25-22(14-21)27(24(29)15-32-25)26(34)7-4-18-8-10-33(16-23(18)28(35)36)9-2-3-17-11-19(30)13-20(31)12-17/h5-6,11-15,18,23,26,34H,4,7-10,16H2,1H3,(H,35,36)/t18?,23?,26-/m1/s1. The first-order valence-corrected chi connectivity index (χ1v) is 12.3. The first kappa shape index (κ1) is 26.8. The number of ether oxygens (including phenoxy) is 1. The van der Waals surface area contributed by atoms with E-state index in [1.165, 1.54) is 6.20 Å². The quantitative estimate of drug-likeness (QED) is 0.417. The third kappa shape index (κ3) is 6.55. The minimum atomic E-state index is -0.901. The topological polar surface area (TPSA) is 82.9 Å². The number of halogens is 3. The van der Waals surface area contributed by atoms with Gasteiger partial charge in [0.05, 0.1) is 36.2 Å². The first-order valence-electron chi connectivity index (χ1n) is 12.0. The highest BCUT2D eigenvalue weighted by molar-refractivity contribution is 6.32. The maximum absolute atomic E-state index is 13.3. The molecule has 4 rings (SSSR count). The zero-order chi connectivity index (χ0) is 26.5. The number of nitrogens with zero attached hydrogens (tertiary/aromatic N) is 2. The molecule has 1 aliphatic heterocycles. The molecule has 37 heavy (non-hydrogen) atoms. The smallest absolute Gasteiger partial charge is 0.308 e. The van der Waals surface area contributed by atoms with Gasteiger partial charge in [0.25, 0.3) is 0 Å². The van der Waals surface area contributed by atoms with Gasteiger partial charge in [0.15, 0.2) is 0 Å². The highest BCUT2D eigenvalue weighted by Gasteiger charge is 2.34. The lowest BCUT2D eigenvalue weighted by Gasteiger charge is -2.36. The SMILES string of the molecule is COc1ccc2ncc(Cl)c([C@H](O)CCC3CCN(CC#Cc4cc(F)cc(F)c4)CC3C(=O)O)c2c1. The van der Waals surface area contributed by atoms with E-state index in [0.29, 0.717) is 59.6 Å². The van der Waals surface area contributed by atoms with Gasteiger partial charge in [-0.05, 0) is 62.1 Å². The Morgan fingerprint density at radius 3 is 2.73 bits per heavy atom. The predicted molar refractivity (Wildman–Crippen MR) is 136 cm³/mol. The summed E-state index contributed by atoms with van der Waals surface area (Å²) in [6, 6.07) is 8.46. The molecule has 0 saturated carbocycles. The Kier molecular flexibility index (Phi) is 8.59. The fourth-order valence-corrected chi connectivity index (χ4v) is 5.14. The molecule has 2 aromatic carbocycles. The summed E-state index contributed by atoms with van der Waals surface area (Å²) >= 11 is 6.40. The molecule has 0 bridgehead atoms. The molecule has 6 nitrogen and oxygen atoms in total. The van der Waals surface area contributed by atoms with Crippen LogP contribution in [-0.4, -0.2) is 52.8 Å². The first-order chi connectivity index (χ1) is 17.7. The molecule has 1 aliphatic rings. The van der Waals surface area contributed by atoms with Gasteiger partial charge in [-0.2, -0.15) is 0 Å². The van der Waals surface area contributed by atoms with Crippen LogP contribution in [0.3, 0.4) is 0 Å². The predicted octanol–water partition coefficient (Wildman–Crippen LogP) is 5.06. The summed E-state index contributed by atoms with van der Waals surface area (Å²) in [5.41, 5.74) is 1.47. The lowest BCUT2D eigenvalue weighted by molar-refractivity contribution is -0.146. The number of rotatable bonds is 7. The molecule has 9 heteroatoms. The molecule has 1 fully saturated rings. The molecular formula is C28H27ClF2N2O4. The van der Waals surface area contributed by atoms with Gasteiger partial charge in [-0.15, -0.1) is 0 Å². The number of likely N-dealkylation sites (tertiary alicyclic amines) is 1. The van der Waals surface area contributed by atoms with Gasteiger partial charge in [-0.25, -0.2) is 8.78 Å². The largest absolute Gasteiger partial charge is 0.497 e. The summed E-state index contributed by atoms with van der Waals surface area (Å²) in [4.78, 5) is 18.3. The monoisotopic (exact) mass is 528 g/mol. The van der Waals surface area contributed by atoms with Crippen LogP contribution in [0.5, 0.6) is 5.75 Å². The number of carboxylic acids is 1. The summed E-state index contributed by atoms with van der Waals surface area (Å²) in [6.07, 6.45) is 2.08. The Balaban J connectivity index is 1.41. The Bertz CT molecular complexity index is 1340. The molecule has 0 aliphatic carbocycles. The third-order valence-corrected chi connectivity index (χ3v) is 7.07. The Morgan fingerprint density at radius 1 is 1.27 bits per heavy atom. The molecule has 0 radical (unpaired) electrons. The van der Waals surface area contributed by atoms with Gasteiger partial charge in [0.2, 0.25) is 0 Å². The van der Waals surface area contributed by atoms with Crippen molar-refractivity contribution in [1.29, 1.82) is 0 Å². The molecule has 1 aromatic heterocycles. The van der Waals surface area contributed by atoms with Crippen molar-refractivity contribution in [3.63, 3.8) is 0 Å². The number of hydrogen-bond donors (Lipinski definition) is 2. The molecular weight excluding hydrogens is 502 g/mol. The Morgan fingerprint density at radius 2 is 2.03 bits per heavy atom. The van der Waals surface area contributed by atoms with Gasteiger partial charge in [0, 0.05) is 35.3 Å². The van der Waals surface area contributed by atoms with Gasteiger partial charge < -0.3 is 14.9 Å². The van der Waals surface area contributed by atoms with Gasteiger partial charge >= 0.3 is 5.97 Å². The van der Waals surface area contributed by atoms with Gasteiger partial charge in [-0.1, -0.05) is 23.4 Å². The molecule has 3 aromatic rings. The fourth-order valence-electron chi connectivity index (χ4n) is 4.87. The number of piperidine rings is 1. The number of benzene rings is 2. The molecule has 194 valence electrons. The lowest BCUT2D eigenvalue weighted by atomic mass is 9.81. The molecule has 2 N–H and O–H groups in total. The maximum Gasteiger partial charge on any atom is 0.308 e. The van der Waals surface area contributed by atoms with Crippen molar-refractivity contribution < 1.29 is 28.5 Å². The maximum atomic E-state index is 13.3. The number of aliphatic hydroxyl groups excluding tert-OH is 1. The number of fused-ring (bicyclic) bond motifs is 1. The summed E-state index contributed by atoms with van der Waals surface area (Å²) in [5, 5.41) is 22.0. The summed E-state index contributed by atoms with van der Waals surface area (Å²) in [7, 11) is 1.56. The lowest BCUT2D eigenvalue weighted by Crippen LogP contribution is -2.44. The number of aliphatic carboxylic acids is 1. The van der Waals surface area contributed by atoms with E-state index < -0.39 is 29.6 Å². The van der Waals surface area contributed by atoms with Crippen molar-refractivity contribution in [2.24, 2.45) is 11.8 Å². The highest BCUT2D eigenvalue weighted by atomic mass is 35.5. The van der Waals surface area contributed by atoms with Gasteiger partial charge in [-0.3, -0.25) is 14.7 Å². The van der Waals surface area contributed by atoms with E-state index in [0.717, 1.165) is 18.2 Å². The van der Waals surface area contributed by atoms with E-state index >= 15 is 0 Å². The summed E-state index contributed by atoms with van der Waals surface area (Å²) < 4.78 is 32.0. The van der Waals surface area contributed by atoms with Crippen LogP contribution < -0.4 is 4.74 Å². The zero-order valence-corrected chi connectivity index (χ0v) is 21.0. The van der Waals surface area contributed by atoms with Crippen molar-refractivity contribution in [2.45, 2.75) is 25.4 Å². The molecule has 1 saturated heterocycles. The molecule has 2 unspecified atom stereocenters. The van der Waals surface area contributed by atoms with E-state index in [1.807, 2.05) is 4.90 Å². The zero-order valence-electron chi connectivity index (χ0n) is 20.3. The minimum Gasteiger partial charge on any atom is -0.497 e. The number of pyridine rings is 1. The Hall–Kier alpha value is -3.25. The van der Waals surface area contributed by atoms with E-state index in [2.05, 4.69) is 16.8 Å². The summed E-state index contributed by atoms with van der Waals surface area (Å²) in [5.74, 6) is 3.19. The number of aromatic nitrogens is 1. The van der Waals surface area contributed by atoms with Crippen molar-refractivity contribution in [1.82, 2.24) is 9.88 Å². The fraction of sp³-hybridized carbons (Fsp3) is 0.357. The molecule has 0 amide bonds. The molecule has 2 heterocycles. The average molecular weight is 529 g/mol. The second kappa shape index (κ2) is 11.9. The number of hydrogen-bond acceptors (Lipinski definition) is 5. The van der Waals surface area contributed by atoms with Crippen LogP contribution in [0.1, 0.15) is 36.5 Å². The average Bonchev–Trinajstić information content (AvgIpc) is 2.86. The number of carboxylic acid groups (broad SMARTS) is 1. The third-order valence-electron chi connectivity index (χ3n) is 6.77. The van der Waals surface area contributed by atoms with Crippen molar-refractivity contribution in [2.75, 3.05) is 26.7 Å². The van der Waals surface area contributed by atoms with Crippen LogP contribution in [0.25, 0.3) is 10.9 Å². The van der Waals surface area contributed by atoms with Crippen LogP contribution in [0.2, 0.25) is 5.02 Å². The van der Waals surface area contributed by atoms with E-state index in [9.17, 15) is 23.8 Å². The van der Waals surface area contributed by atoms with E-state index in [-0.39, 0.29) is 18.0 Å². The highest BCUT2D eigenvalue weighted by Crippen LogP contribution is 2.36. The van der Waals surface area contributed by atoms with E-state index in [4.69, 9.17) is 16.3 Å². The van der Waals surface area contributed by atoms with Crippen LogP contribution in [0, 0.1) is 35.3 Å². The van der Waals surface area contributed by atoms with Crippen molar-refractivity contribution >= 4 is 28.5 Å². The van der Waals surface area contributed by atoms with E-state index in [1.54, 1.807) is 25.3 Å². The van der Waals surface area contributed by atoms with Crippen molar-refractivity contribution in [3.8, 4) is 17.6 Å². The van der Waals surface area contributed by atoms with Gasteiger partial charge in [0.1, 0.15) is 17.4 Å². The molecule has 0 spiro atoms. The second-order valence-electron chi connectivity index (χ2n) is 9.18. The van der Waals surface area contributed by atoms with Crippen LogP contribution in [0.4, 0.5) is 8.78 Å². The Labute approximate surface area is 218 Å². The minimum absolute atomic E-state index is 0.130. The normalized spacial score (nSPS) is 18.7. The number of carbonyl (C=O) groups is 1. The van der Waals surface area contributed by atoms with Crippen molar-refractivity contribution in [3.05, 3.63) is 70.4 Å². The van der Waals surface area contributed by atoms with Crippen LogP contribution in [0.15, 0.2) is 42.6 Å². The number of aliphatic hydroxyl groups is 1. The number of methoxy groups -OCH3 is 1.